The highest BCUT2D eigenvalue weighted by molar-refractivity contribution is 5.71. The monoisotopic (exact) mass is 246 g/mol. The minimum absolute atomic E-state index is 0.0816. The number of ether oxygens (including phenoxy) is 2. The van der Waals surface area contributed by atoms with Crippen LogP contribution in [0.5, 0.6) is 0 Å². The van der Waals surface area contributed by atoms with Gasteiger partial charge in [-0.3, -0.25) is 4.98 Å². The maximum absolute atomic E-state index is 5.54. The van der Waals surface area contributed by atoms with Crippen LogP contribution in [0.15, 0.2) is 24.5 Å². The van der Waals surface area contributed by atoms with Gasteiger partial charge in [0, 0.05) is 18.9 Å². The second kappa shape index (κ2) is 5.24. The van der Waals surface area contributed by atoms with Crippen molar-refractivity contribution in [3.8, 4) is 0 Å². The summed E-state index contributed by atoms with van der Waals surface area (Å²) < 4.78 is 10.9. The Labute approximate surface area is 104 Å². The number of hydrogen-bond acceptors (Lipinski definition) is 6. The highest BCUT2D eigenvalue weighted by Crippen LogP contribution is 2.10. The summed E-state index contributed by atoms with van der Waals surface area (Å²) in [7, 11) is 0. The molecule has 1 atom stereocenters. The van der Waals surface area contributed by atoms with Crippen molar-refractivity contribution in [3.05, 3.63) is 24.5 Å². The van der Waals surface area contributed by atoms with E-state index in [0.717, 1.165) is 11.3 Å². The molecular weight excluding hydrogens is 232 g/mol. The van der Waals surface area contributed by atoms with E-state index in [4.69, 9.17) is 9.47 Å². The van der Waals surface area contributed by atoms with E-state index in [2.05, 4.69) is 20.3 Å². The van der Waals surface area contributed by atoms with E-state index in [-0.39, 0.29) is 6.10 Å². The van der Waals surface area contributed by atoms with Gasteiger partial charge in [0.1, 0.15) is 11.3 Å². The molecule has 0 saturated carbocycles. The lowest BCUT2D eigenvalue weighted by molar-refractivity contribution is -0.0819. The van der Waals surface area contributed by atoms with E-state index in [1.807, 2.05) is 12.1 Å². The predicted octanol–water partition coefficient (Wildman–Crippen LogP) is 0.852. The molecule has 0 bridgehead atoms. The number of fused-ring (bicyclic) bond motifs is 1. The Balaban J connectivity index is 1.66. The van der Waals surface area contributed by atoms with Gasteiger partial charge in [0.15, 0.2) is 5.65 Å². The zero-order valence-corrected chi connectivity index (χ0v) is 9.87. The van der Waals surface area contributed by atoms with E-state index < -0.39 is 0 Å². The van der Waals surface area contributed by atoms with Crippen molar-refractivity contribution in [1.82, 2.24) is 15.0 Å². The molecule has 18 heavy (non-hydrogen) atoms. The fourth-order valence-corrected chi connectivity index (χ4v) is 1.83. The number of nitrogens with one attached hydrogen (secondary N) is 1. The average Bonchev–Trinajstić information content (AvgIpc) is 2.46. The summed E-state index contributed by atoms with van der Waals surface area (Å²) in [4.78, 5) is 12.7. The normalized spacial score (nSPS) is 19.9. The number of anilines is 1. The fraction of sp³-hybridized carbons (Fsp3) is 0.417. The number of nitrogens with zero attached hydrogens (tertiary/aromatic N) is 3. The van der Waals surface area contributed by atoms with E-state index in [0.29, 0.717) is 32.0 Å². The molecule has 6 heteroatoms. The van der Waals surface area contributed by atoms with Gasteiger partial charge in [-0.25, -0.2) is 9.97 Å². The van der Waals surface area contributed by atoms with Gasteiger partial charge in [-0.2, -0.15) is 0 Å². The Morgan fingerprint density at radius 2 is 2.17 bits per heavy atom. The van der Waals surface area contributed by atoms with E-state index >= 15 is 0 Å². The third kappa shape index (κ3) is 2.55. The smallest absolute Gasteiger partial charge is 0.180 e. The van der Waals surface area contributed by atoms with Gasteiger partial charge in [-0.15, -0.1) is 0 Å². The van der Waals surface area contributed by atoms with E-state index in [1.165, 1.54) is 0 Å². The molecule has 0 spiro atoms. The lowest BCUT2D eigenvalue weighted by atomic mass is 10.3. The Morgan fingerprint density at radius 3 is 3.06 bits per heavy atom. The first-order valence-corrected chi connectivity index (χ1v) is 5.93. The van der Waals surface area contributed by atoms with Gasteiger partial charge < -0.3 is 14.8 Å². The summed E-state index contributed by atoms with van der Waals surface area (Å²) in [5.74, 6) is 0.775. The summed E-state index contributed by atoms with van der Waals surface area (Å²) in [5, 5.41) is 3.22. The van der Waals surface area contributed by atoms with Crippen LogP contribution in [0.3, 0.4) is 0 Å². The van der Waals surface area contributed by atoms with Crippen molar-refractivity contribution in [1.29, 1.82) is 0 Å². The molecular formula is C12H14N4O2. The van der Waals surface area contributed by atoms with Crippen LogP contribution in [0.25, 0.3) is 11.2 Å². The fourth-order valence-electron chi connectivity index (χ4n) is 1.83. The van der Waals surface area contributed by atoms with Crippen molar-refractivity contribution in [2.24, 2.45) is 0 Å². The van der Waals surface area contributed by atoms with Gasteiger partial charge in [0.2, 0.25) is 0 Å². The molecule has 1 unspecified atom stereocenters. The van der Waals surface area contributed by atoms with Crippen LogP contribution in [0.2, 0.25) is 0 Å². The van der Waals surface area contributed by atoms with Crippen molar-refractivity contribution in [2.75, 3.05) is 31.7 Å². The van der Waals surface area contributed by atoms with Crippen LogP contribution >= 0.6 is 0 Å². The average molecular weight is 246 g/mol. The summed E-state index contributed by atoms with van der Waals surface area (Å²) in [6, 6.07) is 3.79. The van der Waals surface area contributed by atoms with Crippen LogP contribution in [0.4, 0.5) is 5.82 Å². The quantitative estimate of drug-likeness (QED) is 0.866. The molecule has 2 aromatic rings. The van der Waals surface area contributed by atoms with Gasteiger partial charge in [0.05, 0.1) is 25.9 Å². The van der Waals surface area contributed by atoms with Crippen LogP contribution in [-0.4, -0.2) is 47.4 Å². The van der Waals surface area contributed by atoms with Gasteiger partial charge in [-0.1, -0.05) is 0 Å². The molecule has 1 aliphatic rings. The lowest BCUT2D eigenvalue weighted by Gasteiger charge is -2.23. The van der Waals surface area contributed by atoms with Gasteiger partial charge in [0.25, 0.3) is 0 Å². The molecule has 0 aliphatic carbocycles. The van der Waals surface area contributed by atoms with Crippen LogP contribution < -0.4 is 5.32 Å². The molecule has 1 N–H and O–H groups in total. The number of hydrogen-bond donors (Lipinski definition) is 1. The molecule has 0 aromatic carbocycles. The third-order valence-electron chi connectivity index (χ3n) is 2.73. The second-order valence-corrected chi connectivity index (χ2v) is 4.04. The molecule has 94 valence electrons. The predicted molar refractivity (Wildman–Crippen MR) is 66.4 cm³/mol. The van der Waals surface area contributed by atoms with Crippen molar-refractivity contribution < 1.29 is 9.47 Å². The first-order chi connectivity index (χ1) is 8.92. The molecule has 3 heterocycles. The highest BCUT2D eigenvalue weighted by atomic mass is 16.6. The third-order valence-corrected chi connectivity index (χ3v) is 2.73. The Morgan fingerprint density at radius 1 is 1.22 bits per heavy atom. The zero-order chi connectivity index (χ0) is 12.2. The maximum Gasteiger partial charge on any atom is 0.180 e. The standard InChI is InChI=1S/C12H14N4O2/c1-2-11(15-7-9-8-17-5-6-18-9)16-12-10(1)13-3-4-14-12/h1-4,9H,5-8H2,(H,14,15,16). The van der Waals surface area contributed by atoms with Crippen LogP contribution in [0.1, 0.15) is 0 Å². The van der Waals surface area contributed by atoms with Crippen molar-refractivity contribution in [3.63, 3.8) is 0 Å². The van der Waals surface area contributed by atoms with Gasteiger partial charge >= 0.3 is 0 Å². The lowest BCUT2D eigenvalue weighted by Crippen LogP contribution is -2.34. The molecule has 3 rings (SSSR count). The maximum atomic E-state index is 5.54. The SMILES string of the molecule is c1cnc2nc(NCC3COCCO3)ccc2n1. The molecule has 0 amide bonds. The molecule has 1 fully saturated rings. The van der Waals surface area contributed by atoms with Crippen LogP contribution in [-0.2, 0) is 9.47 Å². The van der Waals surface area contributed by atoms with E-state index in [1.54, 1.807) is 12.4 Å². The summed E-state index contributed by atoms with van der Waals surface area (Å²) in [5.41, 5.74) is 1.43. The van der Waals surface area contributed by atoms with Crippen molar-refractivity contribution in [2.45, 2.75) is 6.10 Å². The molecule has 1 aliphatic heterocycles. The second-order valence-electron chi connectivity index (χ2n) is 4.04. The minimum atomic E-state index is 0.0816. The molecule has 2 aromatic heterocycles. The topological polar surface area (TPSA) is 69.2 Å². The van der Waals surface area contributed by atoms with E-state index in [9.17, 15) is 0 Å². The molecule has 1 saturated heterocycles. The number of rotatable bonds is 3. The molecule has 0 radical (unpaired) electrons. The van der Waals surface area contributed by atoms with Gasteiger partial charge in [-0.05, 0) is 12.1 Å². The summed E-state index contributed by atoms with van der Waals surface area (Å²) in [6.07, 6.45) is 3.37. The summed E-state index contributed by atoms with van der Waals surface area (Å²) >= 11 is 0. The Kier molecular flexibility index (Phi) is 3.29. The number of aromatic nitrogens is 3. The first kappa shape index (κ1) is 11.3. The van der Waals surface area contributed by atoms with Crippen LogP contribution in [0, 0.1) is 0 Å². The Bertz CT molecular complexity index is 528. The highest BCUT2D eigenvalue weighted by Gasteiger charge is 2.13. The zero-order valence-electron chi connectivity index (χ0n) is 9.87. The van der Waals surface area contributed by atoms with Crippen molar-refractivity contribution >= 4 is 17.0 Å². The number of pyridine rings is 1. The molecule has 6 nitrogen and oxygen atoms in total. The first-order valence-electron chi connectivity index (χ1n) is 5.93. The largest absolute Gasteiger partial charge is 0.376 e. The Hall–Kier alpha value is -1.79. The minimum Gasteiger partial charge on any atom is -0.376 e. The summed E-state index contributed by atoms with van der Waals surface area (Å²) in [6.45, 7) is 2.64.